The molecule has 0 radical (unpaired) electrons. The number of nitrogens with zero attached hydrogens (tertiary/aromatic N) is 1. The van der Waals surface area contributed by atoms with Gasteiger partial charge in [0.25, 0.3) is 0 Å². The highest BCUT2D eigenvalue weighted by Crippen LogP contribution is 2.42. The van der Waals surface area contributed by atoms with Crippen LogP contribution in [0.5, 0.6) is 0 Å². The van der Waals surface area contributed by atoms with E-state index in [4.69, 9.17) is 29.6 Å². The first-order valence-corrected chi connectivity index (χ1v) is 7.44. The third-order valence-corrected chi connectivity index (χ3v) is 4.65. The number of anilines is 1. The number of amides is 2. The molecule has 0 aliphatic carbocycles. The number of carbonyl (C=O) groups is 2. The number of hydrogen-bond donors (Lipinski definition) is 1. The van der Waals surface area contributed by atoms with Crippen molar-refractivity contribution in [3.05, 3.63) is 28.8 Å². The highest BCUT2D eigenvalue weighted by Gasteiger charge is 2.51. The van der Waals surface area contributed by atoms with Gasteiger partial charge in [-0.05, 0) is 31.0 Å². The number of benzene rings is 1. The Bertz CT molecular complexity index is 645. The molecule has 1 aliphatic rings. The van der Waals surface area contributed by atoms with E-state index in [0.29, 0.717) is 16.3 Å². The molecule has 1 fully saturated rings. The minimum Gasteiger partial charge on any atom is -0.389 e. The molecule has 2 amide bonds. The summed E-state index contributed by atoms with van der Waals surface area (Å²) in [7, 11) is 0. The Hall–Kier alpha value is -1.46. The van der Waals surface area contributed by atoms with E-state index >= 15 is 0 Å². The Kier molecular flexibility index (Phi) is 4.08. The van der Waals surface area contributed by atoms with Crippen LogP contribution in [0.1, 0.15) is 32.8 Å². The molecule has 0 spiro atoms. The molecular formula is C15H17ClN2O2S. The zero-order valence-electron chi connectivity index (χ0n) is 12.1. The summed E-state index contributed by atoms with van der Waals surface area (Å²) in [5.41, 5.74) is 5.82. The maximum Gasteiger partial charge on any atom is 0.240 e. The van der Waals surface area contributed by atoms with Crippen molar-refractivity contribution in [3.63, 3.8) is 0 Å². The first-order chi connectivity index (χ1) is 9.68. The second-order valence-electron chi connectivity index (χ2n) is 5.81. The van der Waals surface area contributed by atoms with E-state index < -0.39 is 5.41 Å². The smallest absolute Gasteiger partial charge is 0.240 e. The minimum atomic E-state index is -0.715. The van der Waals surface area contributed by atoms with Gasteiger partial charge in [0.15, 0.2) is 0 Å². The molecule has 1 saturated heterocycles. The van der Waals surface area contributed by atoms with Crippen LogP contribution in [-0.2, 0) is 9.59 Å². The number of hydrogen-bond acceptors (Lipinski definition) is 3. The highest BCUT2D eigenvalue weighted by atomic mass is 35.5. The molecule has 112 valence electrons. The zero-order chi connectivity index (χ0) is 15.9. The van der Waals surface area contributed by atoms with Gasteiger partial charge in [0, 0.05) is 17.0 Å². The Morgan fingerprint density at radius 1 is 1.43 bits per heavy atom. The number of rotatable bonds is 3. The summed E-state index contributed by atoms with van der Waals surface area (Å²) in [5, 5.41) is 0.420. The van der Waals surface area contributed by atoms with E-state index in [1.807, 2.05) is 20.8 Å². The lowest BCUT2D eigenvalue weighted by Crippen LogP contribution is -2.37. The molecule has 2 rings (SSSR count). The largest absolute Gasteiger partial charge is 0.389 e. The van der Waals surface area contributed by atoms with Gasteiger partial charge in [-0.3, -0.25) is 9.59 Å². The molecule has 1 unspecified atom stereocenters. The topological polar surface area (TPSA) is 63.4 Å². The fourth-order valence-corrected chi connectivity index (χ4v) is 2.77. The van der Waals surface area contributed by atoms with Crippen LogP contribution in [0, 0.1) is 11.3 Å². The lowest BCUT2D eigenvalue weighted by atomic mass is 9.78. The standard InChI is InChI=1S/C15H17ClN2O2S/c1-8(2)15(3)7-12(19)18(14(15)20)11-6-9(16)4-5-10(11)13(17)21/h4-6,8H,7H2,1-3H3,(H2,17,21). The van der Waals surface area contributed by atoms with Gasteiger partial charge in [-0.2, -0.15) is 0 Å². The fraction of sp³-hybridized carbons (Fsp3) is 0.400. The summed E-state index contributed by atoms with van der Waals surface area (Å²) in [6.07, 6.45) is 0.173. The molecule has 0 bridgehead atoms. The number of nitrogens with two attached hydrogens (primary N) is 1. The Labute approximate surface area is 134 Å². The zero-order valence-corrected chi connectivity index (χ0v) is 13.7. The molecule has 21 heavy (non-hydrogen) atoms. The lowest BCUT2D eigenvalue weighted by Gasteiger charge is -2.26. The van der Waals surface area contributed by atoms with Crippen molar-refractivity contribution >= 4 is 46.3 Å². The van der Waals surface area contributed by atoms with Crippen molar-refractivity contribution in [1.82, 2.24) is 0 Å². The SMILES string of the molecule is CC(C)C1(C)CC(=O)N(c2cc(Cl)ccc2C(N)=S)C1=O. The second kappa shape index (κ2) is 5.39. The molecule has 1 aliphatic heterocycles. The first-order valence-electron chi connectivity index (χ1n) is 6.65. The van der Waals surface area contributed by atoms with Crippen LogP contribution in [-0.4, -0.2) is 16.8 Å². The third kappa shape index (κ3) is 2.56. The summed E-state index contributed by atoms with van der Waals surface area (Å²) >= 11 is 11.0. The van der Waals surface area contributed by atoms with Crippen LogP contribution in [0.25, 0.3) is 0 Å². The summed E-state index contributed by atoms with van der Waals surface area (Å²) in [4.78, 5) is 26.4. The van der Waals surface area contributed by atoms with Gasteiger partial charge in [0.1, 0.15) is 4.99 Å². The molecule has 6 heteroatoms. The van der Waals surface area contributed by atoms with E-state index in [-0.39, 0.29) is 29.1 Å². The van der Waals surface area contributed by atoms with Crippen LogP contribution in [0.15, 0.2) is 18.2 Å². The lowest BCUT2D eigenvalue weighted by molar-refractivity contribution is -0.126. The monoisotopic (exact) mass is 324 g/mol. The van der Waals surface area contributed by atoms with E-state index in [1.54, 1.807) is 18.2 Å². The summed E-state index contributed by atoms with van der Waals surface area (Å²) in [6.45, 7) is 5.67. The number of imide groups is 1. The van der Waals surface area contributed by atoms with Gasteiger partial charge in [-0.1, -0.05) is 37.7 Å². The second-order valence-corrected chi connectivity index (χ2v) is 6.69. The predicted octanol–water partition coefficient (Wildman–Crippen LogP) is 2.90. The van der Waals surface area contributed by atoms with Crippen LogP contribution in [0.3, 0.4) is 0 Å². The maximum absolute atomic E-state index is 12.7. The summed E-state index contributed by atoms with van der Waals surface area (Å²) in [5.74, 6) is -0.440. The summed E-state index contributed by atoms with van der Waals surface area (Å²) < 4.78 is 0. The Balaban J connectivity index is 2.58. The molecule has 1 aromatic rings. The molecule has 1 aromatic carbocycles. The highest BCUT2D eigenvalue weighted by molar-refractivity contribution is 7.80. The normalized spacial score (nSPS) is 22.2. The van der Waals surface area contributed by atoms with Crippen molar-refractivity contribution in [2.75, 3.05) is 4.90 Å². The molecule has 0 aromatic heterocycles. The van der Waals surface area contributed by atoms with Gasteiger partial charge < -0.3 is 5.73 Å². The maximum atomic E-state index is 12.7. The average molecular weight is 325 g/mol. The molecule has 1 heterocycles. The number of carbonyl (C=O) groups excluding carboxylic acids is 2. The number of thiocarbonyl (C=S) groups is 1. The summed E-state index contributed by atoms with van der Waals surface area (Å²) in [6, 6.07) is 4.82. The van der Waals surface area contributed by atoms with Crippen LogP contribution < -0.4 is 10.6 Å². The Morgan fingerprint density at radius 3 is 2.52 bits per heavy atom. The van der Waals surface area contributed by atoms with E-state index in [9.17, 15) is 9.59 Å². The Morgan fingerprint density at radius 2 is 2.05 bits per heavy atom. The van der Waals surface area contributed by atoms with Crippen molar-refractivity contribution in [1.29, 1.82) is 0 Å². The van der Waals surface area contributed by atoms with Crippen molar-refractivity contribution in [3.8, 4) is 0 Å². The van der Waals surface area contributed by atoms with Crippen molar-refractivity contribution in [2.24, 2.45) is 17.1 Å². The molecule has 2 N–H and O–H groups in total. The molecule has 1 atom stereocenters. The van der Waals surface area contributed by atoms with E-state index in [1.165, 1.54) is 4.90 Å². The van der Waals surface area contributed by atoms with Gasteiger partial charge >= 0.3 is 0 Å². The van der Waals surface area contributed by atoms with Gasteiger partial charge in [-0.25, -0.2) is 4.90 Å². The first kappa shape index (κ1) is 15.9. The molecule has 0 saturated carbocycles. The predicted molar refractivity (Wildman–Crippen MR) is 87.4 cm³/mol. The van der Waals surface area contributed by atoms with E-state index in [2.05, 4.69) is 0 Å². The van der Waals surface area contributed by atoms with Crippen LogP contribution in [0.4, 0.5) is 5.69 Å². The van der Waals surface area contributed by atoms with Crippen LogP contribution in [0.2, 0.25) is 5.02 Å². The average Bonchev–Trinajstić information content (AvgIpc) is 2.60. The van der Waals surface area contributed by atoms with E-state index in [0.717, 1.165) is 0 Å². The minimum absolute atomic E-state index is 0.0476. The van der Waals surface area contributed by atoms with Gasteiger partial charge in [0.05, 0.1) is 11.1 Å². The number of halogens is 1. The van der Waals surface area contributed by atoms with Gasteiger partial charge in [-0.15, -0.1) is 0 Å². The quantitative estimate of drug-likeness (QED) is 0.686. The molecule has 4 nitrogen and oxygen atoms in total. The fourth-order valence-electron chi connectivity index (χ4n) is 2.43. The van der Waals surface area contributed by atoms with Crippen molar-refractivity contribution < 1.29 is 9.59 Å². The van der Waals surface area contributed by atoms with Gasteiger partial charge in [0.2, 0.25) is 11.8 Å². The third-order valence-electron chi connectivity index (χ3n) is 4.20. The van der Waals surface area contributed by atoms with Crippen molar-refractivity contribution in [2.45, 2.75) is 27.2 Å². The molecular weight excluding hydrogens is 308 g/mol. The van der Waals surface area contributed by atoms with Crippen LogP contribution >= 0.6 is 23.8 Å².